The van der Waals surface area contributed by atoms with Gasteiger partial charge in [0.1, 0.15) is 6.10 Å². The molecule has 2 rings (SSSR count). The first kappa shape index (κ1) is 16.7. The fourth-order valence-corrected chi connectivity index (χ4v) is 2.25. The minimum absolute atomic E-state index is 0.0772. The van der Waals surface area contributed by atoms with Gasteiger partial charge in [0.2, 0.25) is 0 Å². The molecule has 5 nitrogen and oxygen atoms in total. The maximum absolute atomic E-state index is 11.9. The van der Waals surface area contributed by atoms with E-state index in [0.29, 0.717) is 10.6 Å². The van der Waals surface area contributed by atoms with E-state index in [1.165, 1.54) is 12.1 Å². The van der Waals surface area contributed by atoms with Crippen molar-refractivity contribution in [1.82, 2.24) is 0 Å². The molecule has 118 valence electrons. The number of nitro groups is 1. The number of esters is 1. The molecule has 0 spiro atoms. The van der Waals surface area contributed by atoms with Gasteiger partial charge in [-0.2, -0.15) is 0 Å². The van der Waals surface area contributed by atoms with Crippen LogP contribution < -0.4 is 0 Å². The molecule has 0 amide bonds. The number of ether oxygens (including phenoxy) is 1. The van der Waals surface area contributed by atoms with Crippen LogP contribution in [0, 0.1) is 10.1 Å². The summed E-state index contributed by atoms with van der Waals surface area (Å²) in [4.78, 5) is 22.3. The summed E-state index contributed by atoms with van der Waals surface area (Å²) in [5.41, 5.74) is 1.03. The summed E-state index contributed by atoms with van der Waals surface area (Å²) in [6, 6.07) is 13.2. The summed E-state index contributed by atoms with van der Waals surface area (Å²) in [5, 5.41) is 11.6. The molecule has 0 bridgehead atoms. The zero-order valence-electron chi connectivity index (χ0n) is 12.3. The quantitative estimate of drug-likeness (QED) is 0.348. The van der Waals surface area contributed by atoms with E-state index >= 15 is 0 Å². The number of hydrogen-bond acceptors (Lipinski definition) is 4. The second-order valence-corrected chi connectivity index (χ2v) is 5.22. The van der Waals surface area contributed by atoms with Crippen molar-refractivity contribution in [2.75, 3.05) is 0 Å². The Morgan fingerprint density at radius 1 is 1.26 bits per heavy atom. The number of hydrogen-bond donors (Lipinski definition) is 0. The highest BCUT2D eigenvalue weighted by molar-refractivity contribution is 6.30. The van der Waals surface area contributed by atoms with Gasteiger partial charge in [0.15, 0.2) is 0 Å². The van der Waals surface area contributed by atoms with Crippen LogP contribution in [0.15, 0.2) is 54.6 Å². The normalized spacial score (nSPS) is 12.1. The SMILES string of the molecule is CC(OC(=O)/C=C/c1cccc(Cl)c1)c1ccccc1[N+](=O)[O-]. The van der Waals surface area contributed by atoms with E-state index in [1.807, 2.05) is 0 Å². The van der Waals surface area contributed by atoms with Crippen LogP contribution in [0.4, 0.5) is 5.69 Å². The summed E-state index contributed by atoms with van der Waals surface area (Å²) < 4.78 is 5.22. The number of nitro benzene ring substituents is 1. The molecule has 2 aromatic carbocycles. The van der Waals surface area contributed by atoms with Crippen LogP contribution in [0.3, 0.4) is 0 Å². The summed E-state index contributed by atoms with van der Waals surface area (Å²) in [5.74, 6) is -0.587. The first-order valence-electron chi connectivity index (χ1n) is 6.85. The molecule has 0 radical (unpaired) electrons. The predicted octanol–water partition coefficient (Wildman–Crippen LogP) is 4.57. The van der Waals surface area contributed by atoms with Crippen LogP contribution in [0.2, 0.25) is 5.02 Å². The molecule has 1 atom stereocenters. The Balaban J connectivity index is 2.07. The van der Waals surface area contributed by atoms with E-state index < -0.39 is 17.0 Å². The smallest absolute Gasteiger partial charge is 0.331 e. The number of halogens is 1. The topological polar surface area (TPSA) is 69.4 Å². The number of carbonyl (C=O) groups is 1. The number of carbonyl (C=O) groups excluding carboxylic acids is 1. The van der Waals surface area contributed by atoms with Crippen LogP contribution in [0.5, 0.6) is 0 Å². The maximum Gasteiger partial charge on any atom is 0.331 e. The minimum Gasteiger partial charge on any atom is -0.454 e. The van der Waals surface area contributed by atoms with E-state index in [4.69, 9.17) is 16.3 Å². The van der Waals surface area contributed by atoms with Gasteiger partial charge in [-0.1, -0.05) is 35.9 Å². The fraction of sp³-hybridized carbons (Fsp3) is 0.118. The number of rotatable bonds is 5. The Bertz CT molecular complexity index is 758. The Morgan fingerprint density at radius 2 is 2.00 bits per heavy atom. The lowest BCUT2D eigenvalue weighted by molar-refractivity contribution is -0.386. The second kappa shape index (κ2) is 7.56. The molecule has 23 heavy (non-hydrogen) atoms. The first-order valence-corrected chi connectivity index (χ1v) is 7.23. The zero-order valence-corrected chi connectivity index (χ0v) is 13.1. The third-order valence-corrected chi connectivity index (χ3v) is 3.36. The van der Waals surface area contributed by atoms with Crippen molar-refractivity contribution in [2.45, 2.75) is 13.0 Å². The van der Waals surface area contributed by atoms with E-state index in [-0.39, 0.29) is 5.69 Å². The molecular formula is C17H14ClNO4. The van der Waals surface area contributed by atoms with Crippen molar-refractivity contribution in [1.29, 1.82) is 0 Å². The predicted molar refractivity (Wildman–Crippen MR) is 88.1 cm³/mol. The van der Waals surface area contributed by atoms with Crippen molar-refractivity contribution in [3.63, 3.8) is 0 Å². The molecule has 0 saturated heterocycles. The van der Waals surface area contributed by atoms with E-state index in [0.717, 1.165) is 5.56 Å². The highest BCUT2D eigenvalue weighted by atomic mass is 35.5. The summed E-state index contributed by atoms with van der Waals surface area (Å²) in [7, 11) is 0. The molecule has 0 fully saturated rings. The third kappa shape index (κ3) is 4.66. The monoisotopic (exact) mass is 331 g/mol. The Labute approximate surface area is 138 Å². The molecule has 1 unspecified atom stereocenters. The van der Waals surface area contributed by atoms with Gasteiger partial charge >= 0.3 is 5.97 Å². The van der Waals surface area contributed by atoms with Gasteiger partial charge in [-0.25, -0.2) is 4.79 Å². The molecule has 0 aromatic heterocycles. The van der Waals surface area contributed by atoms with Crippen LogP contribution >= 0.6 is 11.6 Å². The number of benzene rings is 2. The highest BCUT2D eigenvalue weighted by Crippen LogP contribution is 2.27. The average Bonchev–Trinajstić information content (AvgIpc) is 2.53. The Kier molecular flexibility index (Phi) is 5.49. The molecule has 2 aromatic rings. The molecular weight excluding hydrogens is 318 g/mol. The summed E-state index contributed by atoms with van der Waals surface area (Å²) >= 11 is 5.86. The largest absolute Gasteiger partial charge is 0.454 e. The second-order valence-electron chi connectivity index (χ2n) is 4.78. The van der Waals surface area contributed by atoms with Gasteiger partial charge in [0, 0.05) is 17.2 Å². The van der Waals surface area contributed by atoms with Crippen LogP contribution in [-0.4, -0.2) is 10.9 Å². The number of para-hydroxylation sites is 1. The average molecular weight is 332 g/mol. The summed E-state index contributed by atoms with van der Waals surface area (Å²) in [6.45, 7) is 1.59. The Hall–Kier alpha value is -2.66. The van der Waals surface area contributed by atoms with Crippen molar-refractivity contribution < 1.29 is 14.5 Å². The van der Waals surface area contributed by atoms with E-state index in [1.54, 1.807) is 55.5 Å². The van der Waals surface area contributed by atoms with Gasteiger partial charge in [-0.05, 0) is 36.8 Å². The maximum atomic E-state index is 11.9. The van der Waals surface area contributed by atoms with Gasteiger partial charge in [0.25, 0.3) is 5.69 Å². The van der Waals surface area contributed by atoms with Crippen LogP contribution in [0.1, 0.15) is 24.2 Å². The van der Waals surface area contributed by atoms with Gasteiger partial charge in [0.05, 0.1) is 10.5 Å². The van der Waals surface area contributed by atoms with Crippen LogP contribution in [-0.2, 0) is 9.53 Å². The molecule has 0 aliphatic rings. The van der Waals surface area contributed by atoms with Gasteiger partial charge in [-0.3, -0.25) is 10.1 Å². The van der Waals surface area contributed by atoms with Crippen molar-refractivity contribution in [2.24, 2.45) is 0 Å². The fourth-order valence-electron chi connectivity index (χ4n) is 2.05. The molecule has 0 aliphatic heterocycles. The lowest BCUT2D eigenvalue weighted by Crippen LogP contribution is -2.08. The molecule has 0 N–H and O–H groups in total. The number of nitrogens with zero attached hydrogens (tertiary/aromatic N) is 1. The highest BCUT2D eigenvalue weighted by Gasteiger charge is 2.20. The lowest BCUT2D eigenvalue weighted by Gasteiger charge is -2.12. The minimum atomic E-state index is -0.729. The zero-order chi connectivity index (χ0) is 16.8. The van der Waals surface area contributed by atoms with Crippen LogP contribution in [0.25, 0.3) is 6.08 Å². The van der Waals surface area contributed by atoms with Crippen molar-refractivity contribution in [3.8, 4) is 0 Å². The Morgan fingerprint density at radius 3 is 2.70 bits per heavy atom. The lowest BCUT2D eigenvalue weighted by atomic mass is 10.1. The molecule has 0 saturated carbocycles. The molecule has 0 heterocycles. The standard InChI is InChI=1S/C17H14ClNO4/c1-12(15-7-2-3-8-16(15)19(21)22)23-17(20)10-9-13-5-4-6-14(18)11-13/h2-12H,1H3/b10-9+. The van der Waals surface area contributed by atoms with E-state index in [2.05, 4.69) is 0 Å². The molecule has 0 aliphatic carbocycles. The molecule has 6 heteroatoms. The summed E-state index contributed by atoms with van der Waals surface area (Å²) in [6.07, 6.45) is 2.10. The van der Waals surface area contributed by atoms with Gasteiger partial charge in [-0.15, -0.1) is 0 Å². The van der Waals surface area contributed by atoms with E-state index in [9.17, 15) is 14.9 Å². The third-order valence-electron chi connectivity index (χ3n) is 3.12. The van der Waals surface area contributed by atoms with Crippen molar-refractivity contribution >= 4 is 29.3 Å². The van der Waals surface area contributed by atoms with Gasteiger partial charge < -0.3 is 4.74 Å². The first-order chi connectivity index (χ1) is 11.0. The van der Waals surface area contributed by atoms with Crippen molar-refractivity contribution in [3.05, 3.63) is 80.9 Å².